The Labute approximate surface area is 74.4 Å². The van der Waals surface area contributed by atoms with Crippen molar-refractivity contribution in [2.45, 2.75) is 26.4 Å². The van der Waals surface area contributed by atoms with Gasteiger partial charge in [-0.2, -0.15) is 0 Å². The highest BCUT2D eigenvalue weighted by Gasteiger charge is 2.24. The Morgan fingerprint density at radius 2 is 1.92 bits per heavy atom. The van der Waals surface area contributed by atoms with Crippen molar-refractivity contribution in [3.63, 3.8) is 0 Å². The summed E-state index contributed by atoms with van der Waals surface area (Å²) in [6.45, 7) is 5.64. The highest BCUT2D eigenvalue weighted by molar-refractivity contribution is 7.89. The van der Waals surface area contributed by atoms with Crippen LogP contribution >= 0.6 is 0 Å². The Balaban J connectivity index is 4.25. The first-order valence-corrected chi connectivity index (χ1v) is 5.50. The maximum Gasteiger partial charge on any atom is 0.214 e. The van der Waals surface area contributed by atoms with Crippen LogP contribution < -0.4 is 4.72 Å². The van der Waals surface area contributed by atoms with Crippen LogP contribution in [0, 0.1) is 0 Å². The van der Waals surface area contributed by atoms with Gasteiger partial charge in [-0.15, -0.1) is 0 Å². The third kappa shape index (κ3) is 4.69. The predicted octanol–water partition coefficient (Wildman–Crippen LogP) is 0.351. The summed E-state index contributed by atoms with van der Waals surface area (Å²) < 4.78 is 29.8. The SMILES string of the molecule is CCNS(=O)(=O)CC(C)(C)OC. The van der Waals surface area contributed by atoms with Crippen molar-refractivity contribution in [2.75, 3.05) is 19.4 Å². The zero-order valence-electron chi connectivity index (χ0n) is 8.05. The molecule has 1 N–H and O–H groups in total. The minimum atomic E-state index is -3.18. The van der Waals surface area contributed by atoms with Crippen LogP contribution in [0.15, 0.2) is 0 Å². The number of hydrogen-bond donors (Lipinski definition) is 1. The smallest absolute Gasteiger partial charge is 0.214 e. The van der Waals surface area contributed by atoms with Gasteiger partial charge in [0.2, 0.25) is 10.0 Å². The monoisotopic (exact) mass is 195 g/mol. The molecule has 0 aromatic carbocycles. The van der Waals surface area contributed by atoms with E-state index < -0.39 is 15.6 Å². The molecule has 4 nitrogen and oxygen atoms in total. The van der Waals surface area contributed by atoms with E-state index in [2.05, 4.69) is 4.72 Å². The van der Waals surface area contributed by atoms with E-state index in [1.807, 2.05) is 0 Å². The number of sulfonamides is 1. The van der Waals surface area contributed by atoms with E-state index in [1.165, 1.54) is 7.11 Å². The van der Waals surface area contributed by atoms with Crippen molar-refractivity contribution in [2.24, 2.45) is 0 Å². The summed E-state index contributed by atoms with van der Waals surface area (Å²) in [6.07, 6.45) is 0. The Morgan fingerprint density at radius 1 is 1.42 bits per heavy atom. The molecule has 0 aliphatic carbocycles. The van der Waals surface area contributed by atoms with E-state index in [0.717, 1.165) is 0 Å². The first-order valence-electron chi connectivity index (χ1n) is 3.85. The van der Waals surface area contributed by atoms with Crippen LogP contribution in [0.25, 0.3) is 0 Å². The van der Waals surface area contributed by atoms with Gasteiger partial charge in [-0.1, -0.05) is 6.92 Å². The third-order valence-corrected chi connectivity index (χ3v) is 3.26. The van der Waals surface area contributed by atoms with Gasteiger partial charge >= 0.3 is 0 Å². The first-order chi connectivity index (χ1) is 5.33. The second-order valence-corrected chi connectivity index (χ2v) is 5.03. The number of rotatable bonds is 5. The van der Waals surface area contributed by atoms with Gasteiger partial charge in [-0.3, -0.25) is 0 Å². The van der Waals surface area contributed by atoms with Gasteiger partial charge < -0.3 is 4.74 Å². The van der Waals surface area contributed by atoms with Crippen molar-refractivity contribution in [1.29, 1.82) is 0 Å². The van der Waals surface area contributed by atoms with Gasteiger partial charge in [0.1, 0.15) is 0 Å². The maximum atomic E-state index is 11.2. The molecule has 0 aliphatic rings. The molecule has 0 aromatic heterocycles. The van der Waals surface area contributed by atoms with E-state index in [1.54, 1.807) is 20.8 Å². The summed E-state index contributed by atoms with van der Waals surface area (Å²) in [5.41, 5.74) is -0.624. The minimum absolute atomic E-state index is 0.00958. The van der Waals surface area contributed by atoms with Crippen LogP contribution in [-0.2, 0) is 14.8 Å². The molecule has 74 valence electrons. The molecule has 0 aliphatic heterocycles. The molecule has 0 unspecified atom stereocenters. The summed E-state index contributed by atoms with van der Waals surface area (Å²) in [5.74, 6) is -0.00958. The molecular formula is C7H17NO3S. The van der Waals surface area contributed by atoms with Crippen LogP contribution in [0.3, 0.4) is 0 Å². The number of nitrogens with one attached hydrogen (secondary N) is 1. The Kier molecular flexibility index (Phi) is 4.16. The highest BCUT2D eigenvalue weighted by atomic mass is 32.2. The molecule has 0 atom stereocenters. The topological polar surface area (TPSA) is 55.4 Å². The fraction of sp³-hybridized carbons (Fsp3) is 1.00. The summed E-state index contributed by atoms with van der Waals surface area (Å²) in [7, 11) is -1.67. The summed E-state index contributed by atoms with van der Waals surface area (Å²) in [6, 6.07) is 0. The lowest BCUT2D eigenvalue weighted by Gasteiger charge is -2.22. The largest absolute Gasteiger partial charge is 0.378 e. The normalized spacial score (nSPS) is 13.3. The Bertz CT molecular complexity index is 221. The molecule has 0 spiro atoms. The lowest BCUT2D eigenvalue weighted by Crippen LogP contribution is -2.38. The van der Waals surface area contributed by atoms with Gasteiger partial charge in [-0.25, -0.2) is 13.1 Å². The van der Waals surface area contributed by atoms with E-state index >= 15 is 0 Å². The van der Waals surface area contributed by atoms with Gasteiger partial charge in [-0.05, 0) is 13.8 Å². The van der Waals surface area contributed by atoms with E-state index in [9.17, 15) is 8.42 Å². The fourth-order valence-electron chi connectivity index (χ4n) is 0.787. The number of ether oxygens (including phenoxy) is 1. The molecule has 0 fully saturated rings. The van der Waals surface area contributed by atoms with Crippen molar-refractivity contribution >= 4 is 10.0 Å². The number of hydrogen-bond acceptors (Lipinski definition) is 3. The quantitative estimate of drug-likeness (QED) is 0.688. The van der Waals surface area contributed by atoms with Gasteiger partial charge in [0.15, 0.2) is 0 Å². The van der Waals surface area contributed by atoms with Gasteiger partial charge in [0.05, 0.1) is 11.4 Å². The van der Waals surface area contributed by atoms with E-state index in [0.29, 0.717) is 6.54 Å². The summed E-state index contributed by atoms with van der Waals surface area (Å²) >= 11 is 0. The van der Waals surface area contributed by atoms with E-state index in [-0.39, 0.29) is 5.75 Å². The third-order valence-electron chi connectivity index (χ3n) is 1.45. The van der Waals surface area contributed by atoms with Crippen LogP contribution in [0.4, 0.5) is 0 Å². The molecule has 0 saturated carbocycles. The zero-order valence-corrected chi connectivity index (χ0v) is 8.86. The van der Waals surface area contributed by atoms with Crippen LogP contribution in [0.2, 0.25) is 0 Å². The molecule has 0 bridgehead atoms. The second-order valence-electron chi connectivity index (χ2n) is 3.22. The average molecular weight is 195 g/mol. The Hall–Kier alpha value is -0.130. The molecule has 0 saturated heterocycles. The molecule has 0 radical (unpaired) electrons. The van der Waals surface area contributed by atoms with Crippen molar-refractivity contribution in [3.8, 4) is 0 Å². The minimum Gasteiger partial charge on any atom is -0.378 e. The van der Waals surface area contributed by atoms with Crippen molar-refractivity contribution in [3.05, 3.63) is 0 Å². The number of methoxy groups -OCH3 is 1. The lowest BCUT2D eigenvalue weighted by atomic mass is 10.2. The fourth-order valence-corrected chi connectivity index (χ4v) is 2.36. The van der Waals surface area contributed by atoms with Crippen LogP contribution in [0.1, 0.15) is 20.8 Å². The maximum absolute atomic E-state index is 11.2. The Morgan fingerprint density at radius 3 is 2.25 bits per heavy atom. The summed E-state index contributed by atoms with van der Waals surface area (Å²) in [5, 5.41) is 0. The first kappa shape index (κ1) is 11.9. The standard InChI is InChI=1S/C7H17NO3S/c1-5-8-12(9,10)6-7(2,3)11-4/h8H,5-6H2,1-4H3. The molecule has 0 heterocycles. The molecule has 0 amide bonds. The molecular weight excluding hydrogens is 178 g/mol. The van der Waals surface area contributed by atoms with E-state index in [4.69, 9.17) is 4.74 Å². The molecule has 5 heteroatoms. The lowest BCUT2D eigenvalue weighted by molar-refractivity contribution is 0.0424. The molecule has 0 aromatic rings. The zero-order chi connectivity index (χ0) is 9.83. The highest BCUT2D eigenvalue weighted by Crippen LogP contribution is 2.09. The second kappa shape index (κ2) is 4.20. The molecule has 0 rings (SSSR count). The van der Waals surface area contributed by atoms with Crippen molar-refractivity contribution in [1.82, 2.24) is 4.72 Å². The van der Waals surface area contributed by atoms with Crippen LogP contribution in [0.5, 0.6) is 0 Å². The van der Waals surface area contributed by atoms with Gasteiger partial charge in [0, 0.05) is 13.7 Å². The predicted molar refractivity (Wildman–Crippen MR) is 48.6 cm³/mol. The van der Waals surface area contributed by atoms with Crippen molar-refractivity contribution < 1.29 is 13.2 Å². The summed E-state index contributed by atoms with van der Waals surface area (Å²) in [4.78, 5) is 0. The molecule has 12 heavy (non-hydrogen) atoms. The average Bonchev–Trinajstić information content (AvgIpc) is 1.85. The van der Waals surface area contributed by atoms with Gasteiger partial charge in [0.25, 0.3) is 0 Å². The van der Waals surface area contributed by atoms with Crippen LogP contribution in [-0.4, -0.2) is 33.4 Å².